The quantitative estimate of drug-likeness (QED) is 0.180. The first kappa shape index (κ1) is 32.8. The third kappa shape index (κ3) is 5.43. The molecule has 41 heavy (non-hydrogen) atoms. The number of carbonyl (C=O) groups is 3. The van der Waals surface area contributed by atoms with Crippen LogP contribution >= 0.6 is 58.0 Å². The maximum atomic E-state index is 12.9. The maximum Gasteiger partial charge on any atom is 0.303 e. The van der Waals surface area contributed by atoms with Crippen LogP contribution in [0.15, 0.2) is 11.6 Å². The van der Waals surface area contributed by atoms with E-state index in [1.807, 2.05) is 6.92 Å². The summed E-state index contributed by atoms with van der Waals surface area (Å²) in [4.78, 5) is 36.0. The van der Waals surface area contributed by atoms with Gasteiger partial charge in [-0.25, -0.2) is 0 Å². The van der Waals surface area contributed by atoms with Gasteiger partial charge in [0.05, 0.1) is 21.2 Å². The number of carbonyl (C=O) groups excluding carboxylic acids is 3. The summed E-state index contributed by atoms with van der Waals surface area (Å²) in [5, 5.41) is 31.8. The Morgan fingerprint density at radius 2 is 1.56 bits per heavy atom. The molecule has 226 valence electrons. The number of hydrogen-bond donors (Lipinski definition) is 3. The number of benzene rings is 1. The standard InChI is InChI=1S/C23H32O6.C6HCl5O/c1-13(24)29-12-19(27)23(28)9-7-17-16-5-4-14-10-15(25)6-8-21(14,2)20(16)18(26)11-22(17,23)3;7-1-2(8)4(10)6(12)5(11)3(1)9/h10,16-18,20,26,28H,4-9,11-12H2,1-3H3;12H/t16-,17-,18-,20+,21-,22-,23-;/m0./s1. The van der Waals surface area contributed by atoms with Gasteiger partial charge in [0, 0.05) is 18.8 Å². The Bertz CT molecular complexity index is 1210. The van der Waals surface area contributed by atoms with Crippen LogP contribution in [0.3, 0.4) is 0 Å². The van der Waals surface area contributed by atoms with Gasteiger partial charge >= 0.3 is 5.97 Å². The number of Topliss-reactive ketones (excluding diaryl/α,β-unsaturated/α-hetero) is 1. The fourth-order valence-corrected chi connectivity index (χ4v) is 9.16. The molecule has 0 heterocycles. The molecule has 3 fully saturated rings. The second kappa shape index (κ2) is 11.8. The minimum Gasteiger partial charge on any atom is -0.505 e. The molecule has 0 radical (unpaired) electrons. The van der Waals surface area contributed by atoms with E-state index in [1.165, 1.54) is 6.92 Å². The zero-order chi connectivity index (χ0) is 30.7. The van der Waals surface area contributed by atoms with E-state index in [1.54, 1.807) is 6.08 Å². The summed E-state index contributed by atoms with van der Waals surface area (Å²) < 4.78 is 4.89. The Labute approximate surface area is 264 Å². The van der Waals surface area contributed by atoms with Crippen LogP contribution in [0.2, 0.25) is 25.1 Å². The van der Waals surface area contributed by atoms with E-state index in [9.17, 15) is 29.7 Å². The van der Waals surface area contributed by atoms with Crippen LogP contribution in [0.5, 0.6) is 5.75 Å². The molecule has 0 amide bonds. The van der Waals surface area contributed by atoms with Crippen LogP contribution in [0.4, 0.5) is 0 Å². The van der Waals surface area contributed by atoms with Crippen LogP contribution in [0.1, 0.15) is 65.7 Å². The molecule has 4 aliphatic carbocycles. The predicted octanol–water partition coefficient (Wildman–Crippen LogP) is 7.01. The summed E-state index contributed by atoms with van der Waals surface area (Å²) in [6, 6.07) is 0. The third-order valence-corrected chi connectivity index (χ3v) is 12.4. The highest BCUT2D eigenvalue weighted by molar-refractivity contribution is 6.55. The fraction of sp³-hybridized carbons (Fsp3) is 0.621. The Morgan fingerprint density at radius 3 is 2.15 bits per heavy atom. The van der Waals surface area contributed by atoms with Gasteiger partial charge in [0.15, 0.2) is 18.1 Å². The lowest BCUT2D eigenvalue weighted by molar-refractivity contribution is -0.184. The first-order valence-corrected chi connectivity index (χ1v) is 15.4. The number of rotatable bonds is 3. The summed E-state index contributed by atoms with van der Waals surface area (Å²) in [5.74, 6) is -0.825. The summed E-state index contributed by atoms with van der Waals surface area (Å²) in [7, 11) is 0. The molecule has 3 N–H and O–H groups in total. The normalized spacial score (nSPS) is 35.8. The molecule has 0 aromatic heterocycles. The lowest BCUT2D eigenvalue weighted by atomic mass is 9.45. The van der Waals surface area contributed by atoms with E-state index in [0.717, 1.165) is 31.3 Å². The third-order valence-electron chi connectivity index (χ3n) is 10.1. The number of phenolic OH excluding ortho intramolecular Hbond substituents is 1. The average molecular weight is 671 g/mol. The molecule has 5 rings (SSSR count). The molecule has 4 aliphatic rings. The maximum absolute atomic E-state index is 12.9. The van der Waals surface area contributed by atoms with E-state index in [0.29, 0.717) is 19.3 Å². The average Bonchev–Trinajstić information content (AvgIpc) is 3.19. The van der Waals surface area contributed by atoms with Gasteiger partial charge in [-0.3, -0.25) is 14.4 Å². The molecule has 0 saturated heterocycles. The summed E-state index contributed by atoms with van der Waals surface area (Å²) >= 11 is 27.9. The predicted molar refractivity (Wildman–Crippen MR) is 158 cm³/mol. The van der Waals surface area contributed by atoms with E-state index >= 15 is 0 Å². The van der Waals surface area contributed by atoms with Crippen LogP contribution < -0.4 is 0 Å². The van der Waals surface area contributed by atoms with Gasteiger partial charge in [-0.05, 0) is 67.8 Å². The Balaban J connectivity index is 0.000000271. The molecular weight excluding hydrogens is 638 g/mol. The lowest BCUT2D eigenvalue weighted by Gasteiger charge is -2.60. The smallest absolute Gasteiger partial charge is 0.303 e. The van der Waals surface area contributed by atoms with Crippen LogP contribution in [0, 0.1) is 28.6 Å². The molecule has 0 aliphatic heterocycles. The summed E-state index contributed by atoms with van der Waals surface area (Å²) in [6.45, 7) is 4.92. The monoisotopic (exact) mass is 668 g/mol. The largest absolute Gasteiger partial charge is 0.505 e. The highest BCUT2D eigenvalue weighted by atomic mass is 35.5. The van der Waals surface area contributed by atoms with Gasteiger partial charge in [0.1, 0.15) is 15.6 Å². The lowest BCUT2D eigenvalue weighted by Crippen LogP contribution is -2.62. The van der Waals surface area contributed by atoms with Gasteiger partial charge in [0.25, 0.3) is 0 Å². The SMILES string of the molecule is CC(=O)OCC(=O)[C@@]1(O)CC[C@H]2[C@@H]3CCC4=CC(=O)CC[C@]4(C)[C@H]3[C@@H](O)C[C@@]21C.Oc1c(Cl)c(Cl)c(Cl)c(Cl)c1Cl. The number of aliphatic hydroxyl groups excluding tert-OH is 1. The van der Waals surface area contributed by atoms with Gasteiger partial charge in [0.2, 0.25) is 5.78 Å². The van der Waals surface area contributed by atoms with Gasteiger partial charge in [-0.1, -0.05) is 77.4 Å². The summed E-state index contributed by atoms with van der Waals surface area (Å²) in [6.07, 6.45) is 5.54. The second-order valence-electron chi connectivity index (χ2n) is 12.1. The van der Waals surface area contributed by atoms with E-state index < -0.39 is 35.5 Å². The van der Waals surface area contributed by atoms with Crippen molar-refractivity contribution >= 4 is 75.5 Å². The molecule has 0 unspecified atom stereocenters. The number of phenols is 1. The molecule has 7 atom stereocenters. The van der Waals surface area contributed by atoms with Gasteiger partial charge in [-0.2, -0.15) is 0 Å². The summed E-state index contributed by atoms with van der Waals surface area (Å²) in [5.41, 5.74) is -1.36. The Hall–Kier alpha value is -1.06. The number of halogens is 5. The molecule has 0 spiro atoms. The minimum absolute atomic E-state index is 0.00904. The van der Waals surface area contributed by atoms with Crippen molar-refractivity contribution in [2.24, 2.45) is 28.6 Å². The zero-order valence-corrected chi connectivity index (χ0v) is 26.7. The first-order valence-electron chi connectivity index (χ1n) is 13.5. The minimum atomic E-state index is -1.58. The number of esters is 1. The highest BCUT2D eigenvalue weighted by Crippen LogP contribution is 2.67. The first-order chi connectivity index (χ1) is 19.0. The van der Waals surface area contributed by atoms with E-state index in [-0.39, 0.29) is 59.8 Å². The number of ketones is 2. The number of aromatic hydroxyl groups is 1. The molecule has 1 aromatic carbocycles. The van der Waals surface area contributed by atoms with Crippen molar-refractivity contribution in [2.75, 3.05) is 6.61 Å². The van der Waals surface area contributed by atoms with Crippen molar-refractivity contribution in [3.05, 3.63) is 36.8 Å². The van der Waals surface area contributed by atoms with Crippen LogP contribution in [-0.2, 0) is 19.1 Å². The Kier molecular flexibility index (Phi) is 9.45. The molecule has 0 bridgehead atoms. The van der Waals surface area contributed by atoms with Gasteiger partial charge in [-0.15, -0.1) is 0 Å². The number of ether oxygens (including phenoxy) is 1. The number of fused-ring (bicyclic) bond motifs is 5. The highest BCUT2D eigenvalue weighted by Gasteiger charge is 2.68. The molecular formula is C29H33Cl5O7. The van der Waals surface area contributed by atoms with Crippen molar-refractivity contribution in [1.29, 1.82) is 0 Å². The van der Waals surface area contributed by atoms with E-state index in [4.69, 9.17) is 62.7 Å². The number of hydrogen-bond acceptors (Lipinski definition) is 7. The van der Waals surface area contributed by atoms with Gasteiger partial charge < -0.3 is 20.1 Å². The molecule has 1 aromatic rings. The van der Waals surface area contributed by atoms with Crippen molar-refractivity contribution in [3.63, 3.8) is 0 Å². The number of allylic oxidation sites excluding steroid dienone is 1. The van der Waals surface area contributed by atoms with Crippen LogP contribution in [0.25, 0.3) is 0 Å². The van der Waals surface area contributed by atoms with Crippen molar-refractivity contribution in [1.82, 2.24) is 0 Å². The zero-order valence-electron chi connectivity index (χ0n) is 22.9. The van der Waals surface area contributed by atoms with Crippen molar-refractivity contribution in [3.8, 4) is 5.75 Å². The fourth-order valence-electron chi connectivity index (χ4n) is 8.03. The molecule has 3 saturated carbocycles. The van der Waals surface area contributed by atoms with Crippen molar-refractivity contribution < 1.29 is 34.4 Å². The molecule has 7 nitrogen and oxygen atoms in total. The van der Waals surface area contributed by atoms with E-state index in [2.05, 4.69) is 6.92 Å². The Morgan fingerprint density at radius 1 is 0.976 bits per heavy atom. The van der Waals surface area contributed by atoms with Crippen molar-refractivity contribution in [2.45, 2.75) is 77.4 Å². The molecule has 12 heteroatoms. The topological polar surface area (TPSA) is 121 Å². The second-order valence-corrected chi connectivity index (χ2v) is 14.0. The van der Waals surface area contributed by atoms with Crippen LogP contribution in [-0.4, -0.2) is 51.2 Å². The number of aliphatic hydroxyl groups is 2.